The summed E-state index contributed by atoms with van der Waals surface area (Å²) in [4.78, 5) is 10.2. The molecule has 0 saturated heterocycles. The Kier molecular flexibility index (Phi) is 4.75. The van der Waals surface area contributed by atoms with Crippen molar-refractivity contribution in [1.29, 1.82) is 0 Å². The molecule has 0 unspecified atom stereocenters. The minimum atomic E-state index is -0.263. The second-order valence-electron chi connectivity index (χ2n) is 4.63. The molecule has 0 radical (unpaired) electrons. The third-order valence-corrected chi connectivity index (χ3v) is 3.77. The summed E-state index contributed by atoms with van der Waals surface area (Å²) < 4.78 is 14.3. The molecule has 0 amide bonds. The van der Waals surface area contributed by atoms with Crippen LogP contribution in [0.2, 0.25) is 0 Å². The van der Waals surface area contributed by atoms with Crippen molar-refractivity contribution < 1.29 is 4.39 Å². The lowest BCUT2D eigenvalue weighted by molar-refractivity contribution is 0.379. The Morgan fingerprint density at radius 2 is 2.22 bits per heavy atom. The Bertz CT molecular complexity index is 396. The SMILES string of the molecule is CCc1ncnc(N(CCCCl)C2CCC2)c1F. The molecular weight excluding hydrogens is 253 g/mol. The van der Waals surface area contributed by atoms with E-state index in [1.54, 1.807) is 0 Å². The highest BCUT2D eigenvalue weighted by molar-refractivity contribution is 6.17. The largest absolute Gasteiger partial charge is 0.351 e. The van der Waals surface area contributed by atoms with Gasteiger partial charge in [-0.3, -0.25) is 0 Å². The lowest BCUT2D eigenvalue weighted by Gasteiger charge is -2.38. The fourth-order valence-electron chi connectivity index (χ4n) is 2.23. The maximum absolute atomic E-state index is 14.3. The first-order valence-electron chi connectivity index (χ1n) is 6.60. The molecule has 3 nitrogen and oxygen atoms in total. The molecule has 0 spiro atoms. The van der Waals surface area contributed by atoms with Crippen LogP contribution in [0.4, 0.5) is 10.2 Å². The third kappa shape index (κ3) is 2.74. The van der Waals surface area contributed by atoms with E-state index >= 15 is 0 Å². The number of halogens is 2. The summed E-state index contributed by atoms with van der Waals surface area (Å²) >= 11 is 5.74. The summed E-state index contributed by atoms with van der Waals surface area (Å²) in [6.45, 7) is 2.67. The van der Waals surface area contributed by atoms with E-state index in [0.29, 0.717) is 29.9 Å². The van der Waals surface area contributed by atoms with Gasteiger partial charge in [-0.1, -0.05) is 6.92 Å². The lowest BCUT2D eigenvalue weighted by Crippen LogP contribution is -2.42. The molecule has 1 heterocycles. The van der Waals surface area contributed by atoms with E-state index in [1.807, 2.05) is 6.92 Å². The zero-order chi connectivity index (χ0) is 13.0. The van der Waals surface area contributed by atoms with E-state index in [-0.39, 0.29) is 5.82 Å². The monoisotopic (exact) mass is 271 g/mol. The van der Waals surface area contributed by atoms with Gasteiger partial charge >= 0.3 is 0 Å². The van der Waals surface area contributed by atoms with Crippen LogP contribution in [0.15, 0.2) is 6.33 Å². The van der Waals surface area contributed by atoms with Crippen LogP contribution in [0.1, 0.15) is 38.3 Å². The molecular formula is C13H19ClFN3. The van der Waals surface area contributed by atoms with Gasteiger partial charge in [-0.2, -0.15) is 0 Å². The standard InChI is InChI=1S/C13H19ClFN3/c1-2-11-12(15)13(17-9-16-11)18(8-4-7-14)10-5-3-6-10/h9-10H,2-8H2,1H3. The number of anilines is 1. The Balaban J connectivity index is 2.23. The van der Waals surface area contributed by atoms with Gasteiger partial charge in [0.2, 0.25) is 0 Å². The van der Waals surface area contributed by atoms with Crippen LogP contribution >= 0.6 is 11.6 Å². The molecule has 0 N–H and O–H groups in total. The van der Waals surface area contributed by atoms with E-state index in [0.717, 1.165) is 25.8 Å². The van der Waals surface area contributed by atoms with E-state index in [2.05, 4.69) is 14.9 Å². The number of aryl methyl sites for hydroxylation is 1. The molecule has 1 aliphatic carbocycles. The quantitative estimate of drug-likeness (QED) is 0.744. The normalized spacial score (nSPS) is 15.5. The van der Waals surface area contributed by atoms with Crippen LogP contribution in [0.3, 0.4) is 0 Å². The summed E-state index contributed by atoms with van der Waals surface area (Å²) in [6.07, 6.45) is 6.36. The molecule has 0 aromatic carbocycles. The number of nitrogens with zero attached hydrogens (tertiary/aromatic N) is 3. The first-order chi connectivity index (χ1) is 8.77. The Morgan fingerprint density at radius 3 is 2.78 bits per heavy atom. The molecule has 2 rings (SSSR count). The molecule has 1 fully saturated rings. The predicted molar refractivity (Wildman–Crippen MR) is 71.7 cm³/mol. The van der Waals surface area contributed by atoms with Crippen LogP contribution in [-0.4, -0.2) is 28.4 Å². The minimum Gasteiger partial charge on any atom is -0.351 e. The maximum Gasteiger partial charge on any atom is 0.187 e. The summed E-state index contributed by atoms with van der Waals surface area (Å²) in [7, 11) is 0. The van der Waals surface area contributed by atoms with Gasteiger partial charge in [0.1, 0.15) is 6.33 Å². The molecule has 1 aromatic rings. The van der Waals surface area contributed by atoms with E-state index in [1.165, 1.54) is 12.7 Å². The van der Waals surface area contributed by atoms with Crippen molar-refractivity contribution in [3.8, 4) is 0 Å². The van der Waals surface area contributed by atoms with E-state index < -0.39 is 0 Å². The minimum absolute atomic E-state index is 0.263. The smallest absolute Gasteiger partial charge is 0.187 e. The molecule has 5 heteroatoms. The van der Waals surface area contributed by atoms with Gasteiger partial charge in [0.05, 0.1) is 5.69 Å². The molecule has 1 saturated carbocycles. The van der Waals surface area contributed by atoms with Gasteiger partial charge in [-0.05, 0) is 32.1 Å². The molecule has 0 bridgehead atoms. The third-order valence-electron chi connectivity index (χ3n) is 3.50. The molecule has 100 valence electrons. The number of alkyl halides is 1. The van der Waals surface area contributed by atoms with Crippen molar-refractivity contribution in [2.24, 2.45) is 0 Å². The zero-order valence-electron chi connectivity index (χ0n) is 10.7. The lowest BCUT2D eigenvalue weighted by atomic mass is 9.91. The van der Waals surface area contributed by atoms with Crippen molar-refractivity contribution in [3.63, 3.8) is 0 Å². The first kappa shape index (κ1) is 13.5. The van der Waals surface area contributed by atoms with Crippen LogP contribution in [0, 0.1) is 5.82 Å². The maximum atomic E-state index is 14.3. The topological polar surface area (TPSA) is 29.0 Å². The van der Waals surface area contributed by atoms with Crippen LogP contribution in [-0.2, 0) is 6.42 Å². The number of rotatable bonds is 6. The fraction of sp³-hybridized carbons (Fsp3) is 0.692. The van der Waals surface area contributed by atoms with Crippen molar-refractivity contribution in [2.75, 3.05) is 17.3 Å². The van der Waals surface area contributed by atoms with Crippen molar-refractivity contribution in [2.45, 2.75) is 45.1 Å². The van der Waals surface area contributed by atoms with Gasteiger partial charge in [-0.15, -0.1) is 11.6 Å². The molecule has 18 heavy (non-hydrogen) atoms. The van der Waals surface area contributed by atoms with Crippen molar-refractivity contribution in [3.05, 3.63) is 17.8 Å². The van der Waals surface area contributed by atoms with Gasteiger partial charge in [0.25, 0.3) is 0 Å². The summed E-state index contributed by atoms with van der Waals surface area (Å²) in [5.74, 6) is 0.787. The second-order valence-corrected chi connectivity index (χ2v) is 5.01. The van der Waals surface area contributed by atoms with Crippen molar-refractivity contribution in [1.82, 2.24) is 9.97 Å². The summed E-state index contributed by atoms with van der Waals surface area (Å²) in [5.41, 5.74) is 0.496. The van der Waals surface area contributed by atoms with E-state index in [9.17, 15) is 4.39 Å². The summed E-state index contributed by atoms with van der Waals surface area (Å²) in [6, 6.07) is 0.419. The van der Waals surface area contributed by atoms with Gasteiger partial charge in [0.15, 0.2) is 11.6 Å². The molecule has 1 aliphatic rings. The van der Waals surface area contributed by atoms with Gasteiger partial charge in [0, 0.05) is 18.5 Å². The fourth-order valence-corrected chi connectivity index (χ4v) is 2.35. The number of hydrogen-bond acceptors (Lipinski definition) is 3. The highest BCUT2D eigenvalue weighted by Gasteiger charge is 2.28. The van der Waals surface area contributed by atoms with Crippen LogP contribution in [0.25, 0.3) is 0 Å². The van der Waals surface area contributed by atoms with E-state index in [4.69, 9.17) is 11.6 Å². The average molecular weight is 272 g/mol. The summed E-state index contributed by atoms with van der Waals surface area (Å²) in [5, 5.41) is 0. The first-order valence-corrected chi connectivity index (χ1v) is 7.13. The molecule has 0 aliphatic heterocycles. The predicted octanol–water partition coefficient (Wildman–Crippen LogP) is 3.17. The van der Waals surface area contributed by atoms with Gasteiger partial charge < -0.3 is 4.90 Å². The Labute approximate surface area is 112 Å². The molecule has 0 atom stereocenters. The average Bonchev–Trinajstić information content (AvgIpc) is 2.32. The van der Waals surface area contributed by atoms with Crippen LogP contribution < -0.4 is 4.90 Å². The second kappa shape index (κ2) is 6.32. The zero-order valence-corrected chi connectivity index (χ0v) is 11.5. The highest BCUT2D eigenvalue weighted by atomic mass is 35.5. The molecule has 1 aromatic heterocycles. The van der Waals surface area contributed by atoms with Gasteiger partial charge in [-0.25, -0.2) is 14.4 Å². The highest BCUT2D eigenvalue weighted by Crippen LogP contribution is 2.30. The Hall–Kier alpha value is -0.900. The number of hydrogen-bond donors (Lipinski definition) is 0. The number of aromatic nitrogens is 2. The van der Waals surface area contributed by atoms with Crippen LogP contribution in [0.5, 0.6) is 0 Å². The van der Waals surface area contributed by atoms with Crippen molar-refractivity contribution >= 4 is 17.4 Å². The Morgan fingerprint density at radius 1 is 1.44 bits per heavy atom.